The summed E-state index contributed by atoms with van der Waals surface area (Å²) in [5.41, 5.74) is 0. The minimum Gasteiger partial charge on any atom is -0.481 e. The molecule has 1 aromatic carbocycles. The highest BCUT2D eigenvalue weighted by atomic mass is 19.1. The van der Waals surface area contributed by atoms with E-state index < -0.39 is 11.6 Å². The molecule has 5 nitrogen and oxygen atoms in total. The van der Waals surface area contributed by atoms with Gasteiger partial charge in [0.2, 0.25) is 0 Å². The van der Waals surface area contributed by atoms with E-state index in [1.807, 2.05) is 0 Å². The zero-order valence-corrected chi connectivity index (χ0v) is 12.9. The van der Waals surface area contributed by atoms with Crippen molar-refractivity contribution in [1.82, 2.24) is 10.2 Å². The van der Waals surface area contributed by atoms with Gasteiger partial charge in [-0.1, -0.05) is 0 Å². The van der Waals surface area contributed by atoms with Crippen LogP contribution in [0.4, 0.5) is 8.78 Å². The first-order valence-corrected chi connectivity index (χ1v) is 7.79. The molecular formula is C16H22F2N2O3. The van der Waals surface area contributed by atoms with Gasteiger partial charge >= 0.3 is 0 Å². The van der Waals surface area contributed by atoms with Crippen LogP contribution in [0.1, 0.15) is 19.3 Å². The molecule has 1 aromatic rings. The Morgan fingerprint density at radius 2 is 2.09 bits per heavy atom. The van der Waals surface area contributed by atoms with Gasteiger partial charge in [-0.05, 0) is 37.9 Å². The smallest absolute Gasteiger partial charge is 0.257 e. The van der Waals surface area contributed by atoms with E-state index in [-0.39, 0.29) is 24.4 Å². The van der Waals surface area contributed by atoms with Crippen molar-refractivity contribution >= 4 is 5.91 Å². The first-order valence-electron chi connectivity index (χ1n) is 7.79. The van der Waals surface area contributed by atoms with Gasteiger partial charge in [-0.3, -0.25) is 4.79 Å². The minimum absolute atomic E-state index is 0.145. The number of likely N-dealkylation sites (tertiary alicyclic amines) is 1. The number of benzene rings is 1. The quantitative estimate of drug-likeness (QED) is 0.741. The van der Waals surface area contributed by atoms with Crippen LogP contribution in [-0.2, 0) is 4.79 Å². The number of hydrogen-bond donors (Lipinski definition) is 2. The number of piperidine rings is 1. The van der Waals surface area contributed by atoms with Gasteiger partial charge in [0.1, 0.15) is 5.82 Å². The zero-order valence-electron chi connectivity index (χ0n) is 12.9. The molecule has 0 aromatic heterocycles. The average Bonchev–Trinajstić information content (AvgIpc) is 2.52. The zero-order chi connectivity index (χ0) is 16.7. The van der Waals surface area contributed by atoms with Crippen molar-refractivity contribution < 1.29 is 23.4 Å². The maximum atomic E-state index is 13.3. The van der Waals surface area contributed by atoms with Crippen LogP contribution in [0.5, 0.6) is 5.75 Å². The Balaban J connectivity index is 1.58. The Morgan fingerprint density at radius 1 is 1.35 bits per heavy atom. The SMILES string of the molecule is O=C(COc1ccc(F)cc1F)NCCCN1CCC(O)CC1. The molecule has 1 aliphatic heterocycles. The molecule has 0 saturated carbocycles. The van der Waals surface area contributed by atoms with E-state index in [2.05, 4.69) is 10.2 Å². The van der Waals surface area contributed by atoms with Gasteiger partial charge in [-0.2, -0.15) is 0 Å². The summed E-state index contributed by atoms with van der Waals surface area (Å²) in [6.07, 6.45) is 2.20. The Bertz CT molecular complexity index is 520. The van der Waals surface area contributed by atoms with Crippen molar-refractivity contribution in [2.75, 3.05) is 32.8 Å². The average molecular weight is 328 g/mol. The number of carbonyl (C=O) groups excluding carboxylic acids is 1. The monoisotopic (exact) mass is 328 g/mol. The topological polar surface area (TPSA) is 61.8 Å². The summed E-state index contributed by atoms with van der Waals surface area (Å²) >= 11 is 0. The van der Waals surface area contributed by atoms with E-state index in [1.54, 1.807) is 0 Å². The van der Waals surface area contributed by atoms with Crippen molar-refractivity contribution in [2.45, 2.75) is 25.4 Å². The summed E-state index contributed by atoms with van der Waals surface area (Å²) < 4.78 is 31.1. The lowest BCUT2D eigenvalue weighted by Crippen LogP contribution is -2.38. The summed E-state index contributed by atoms with van der Waals surface area (Å²) in [5.74, 6) is -2.01. The third kappa shape index (κ3) is 6.11. The van der Waals surface area contributed by atoms with Gasteiger partial charge in [0.25, 0.3) is 5.91 Å². The molecule has 0 aliphatic carbocycles. The van der Waals surface area contributed by atoms with E-state index >= 15 is 0 Å². The second kappa shape index (κ2) is 8.79. The molecule has 128 valence electrons. The Hall–Kier alpha value is -1.73. The summed E-state index contributed by atoms with van der Waals surface area (Å²) in [7, 11) is 0. The highest BCUT2D eigenvalue weighted by Crippen LogP contribution is 2.17. The van der Waals surface area contributed by atoms with Crippen LogP contribution in [0.2, 0.25) is 0 Å². The minimum atomic E-state index is -0.829. The number of rotatable bonds is 7. The van der Waals surface area contributed by atoms with Gasteiger partial charge < -0.3 is 20.1 Å². The highest BCUT2D eigenvalue weighted by molar-refractivity contribution is 5.77. The van der Waals surface area contributed by atoms with E-state index in [9.17, 15) is 18.7 Å². The fraction of sp³-hybridized carbons (Fsp3) is 0.562. The number of amides is 1. The first-order chi connectivity index (χ1) is 11.0. The second-order valence-electron chi connectivity index (χ2n) is 5.64. The molecule has 0 spiro atoms. The molecule has 0 atom stereocenters. The van der Waals surface area contributed by atoms with Crippen LogP contribution in [0, 0.1) is 11.6 Å². The van der Waals surface area contributed by atoms with Crippen molar-refractivity contribution in [3.8, 4) is 5.75 Å². The van der Waals surface area contributed by atoms with Crippen LogP contribution >= 0.6 is 0 Å². The lowest BCUT2D eigenvalue weighted by atomic mass is 10.1. The molecule has 1 aliphatic rings. The molecule has 1 amide bonds. The van der Waals surface area contributed by atoms with Crippen LogP contribution in [0.15, 0.2) is 18.2 Å². The van der Waals surface area contributed by atoms with Crippen molar-refractivity contribution in [2.24, 2.45) is 0 Å². The molecule has 0 unspecified atom stereocenters. The lowest BCUT2D eigenvalue weighted by molar-refractivity contribution is -0.123. The van der Waals surface area contributed by atoms with Crippen LogP contribution in [0.3, 0.4) is 0 Å². The van der Waals surface area contributed by atoms with Crippen LogP contribution < -0.4 is 10.1 Å². The number of nitrogens with one attached hydrogen (secondary N) is 1. The lowest BCUT2D eigenvalue weighted by Gasteiger charge is -2.29. The number of aliphatic hydroxyl groups excluding tert-OH is 1. The molecule has 2 rings (SSSR count). The van der Waals surface area contributed by atoms with Gasteiger partial charge in [-0.25, -0.2) is 8.78 Å². The fourth-order valence-electron chi connectivity index (χ4n) is 2.46. The summed E-state index contributed by atoms with van der Waals surface area (Å²) in [4.78, 5) is 13.9. The highest BCUT2D eigenvalue weighted by Gasteiger charge is 2.16. The largest absolute Gasteiger partial charge is 0.481 e. The van der Waals surface area contributed by atoms with Crippen molar-refractivity contribution in [3.05, 3.63) is 29.8 Å². The molecule has 1 fully saturated rings. The number of carbonyl (C=O) groups is 1. The maximum absolute atomic E-state index is 13.3. The fourth-order valence-corrected chi connectivity index (χ4v) is 2.46. The van der Waals surface area contributed by atoms with E-state index in [0.29, 0.717) is 12.6 Å². The molecule has 2 N–H and O–H groups in total. The van der Waals surface area contributed by atoms with Crippen LogP contribution in [-0.4, -0.2) is 54.8 Å². The Kier molecular flexibility index (Phi) is 6.73. The molecule has 1 saturated heterocycles. The van der Waals surface area contributed by atoms with E-state index in [4.69, 9.17) is 4.74 Å². The predicted octanol–water partition coefficient (Wildman–Crippen LogP) is 1.31. The van der Waals surface area contributed by atoms with Crippen LogP contribution in [0.25, 0.3) is 0 Å². The molecule has 0 bridgehead atoms. The second-order valence-corrected chi connectivity index (χ2v) is 5.64. The molecule has 0 radical (unpaired) electrons. The molecule has 23 heavy (non-hydrogen) atoms. The normalized spacial score (nSPS) is 16.3. The molecule has 1 heterocycles. The van der Waals surface area contributed by atoms with Gasteiger partial charge in [0.05, 0.1) is 6.10 Å². The number of hydrogen-bond acceptors (Lipinski definition) is 4. The first kappa shape index (κ1) is 17.6. The van der Waals surface area contributed by atoms with E-state index in [1.165, 1.54) is 0 Å². The predicted molar refractivity (Wildman–Crippen MR) is 81.2 cm³/mol. The third-order valence-electron chi connectivity index (χ3n) is 3.78. The summed E-state index contributed by atoms with van der Waals surface area (Å²) in [6.45, 7) is 2.82. The van der Waals surface area contributed by atoms with Crippen molar-refractivity contribution in [1.29, 1.82) is 0 Å². The number of halogens is 2. The van der Waals surface area contributed by atoms with Gasteiger partial charge in [-0.15, -0.1) is 0 Å². The maximum Gasteiger partial charge on any atom is 0.257 e. The number of ether oxygens (including phenoxy) is 1. The summed E-state index contributed by atoms with van der Waals surface area (Å²) in [6, 6.07) is 2.94. The van der Waals surface area contributed by atoms with Crippen molar-refractivity contribution in [3.63, 3.8) is 0 Å². The van der Waals surface area contributed by atoms with Gasteiger partial charge in [0, 0.05) is 25.7 Å². The molecule has 7 heteroatoms. The summed E-state index contributed by atoms with van der Waals surface area (Å²) in [5, 5.41) is 12.1. The molecular weight excluding hydrogens is 306 g/mol. The number of aliphatic hydroxyl groups is 1. The number of nitrogens with zero attached hydrogens (tertiary/aromatic N) is 1. The third-order valence-corrected chi connectivity index (χ3v) is 3.78. The standard InChI is InChI=1S/C16H22F2N2O3/c17-12-2-3-15(14(18)10-12)23-11-16(22)19-6-1-7-20-8-4-13(21)5-9-20/h2-3,10,13,21H,1,4-9,11H2,(H,19,22). The Labute approximate surface area is 134 Å². The van der Waals surface area contributed by atoms with E-state index in [0.717, 1.165) is 51.0 Å². The Morgan fingerprint density at radius 3 is 2.78 bits per heavy atom. The van der Waals surface area contributed by atoms with Gasteiger partial charge in [0.15, 0.2) is 18.2 Å².